The van der Waals surface area contributed by atoms with Crippen molar-refractivity contribution in [3.05, 3.63) is 47.0 Å². The molecular weight excluding hydrogens is 260 g/mol. The van der Waals surface area contributed by atoms with E-state index in [4.69, 9.17) is 4.74 Å². The summed E-state index contributed by atoms with van der Waals surface area (Å²) in [4.78, 5) is 12.3. The number of allylic oxidation sites excluding steroid dienone is 2. The molecule has 2 heteroatoms. The van der Waals surface area contributed by atoms with Gasteiger partial charge in [-0.05, 0) is 42.7 Å². The molecule has 0 spiro atoms. The van der Waals surface area contributed by atoms with Crippen LogP contribution in [-0.4, -0.2) is 5.97 Å². The molecule has 1 aromatic rings. The number of rotatable bonds is 5. The average Bonchev–Trinajstić information content (AvgIpc) is 2.96. The lowest BCUT2D eigenvalue weighted by atomic mass is 10.1. The zero-order valence-electron chi connectivity index (χ0n) is 13.8. The molecule has 2 rings (SSSR count). The Labute approximate surface area is 128 Å². The van der Waals surface area contributed by atoms with Crippen molar-refractivity contribution in [1.82, 2.24) is 0 Å². The van der Waals surface area contributed by atoms with E-state index in [0.717, 1.165) is 12.0 Å². The smallest absolute Gasteiger partial charge is 0.310 e. The molecule has 2 nitrogen and oxygen atoms in total. The van der Waals surface area contributed by atoms with Crippen LogP contribution in [0.2, 0.25) is 0 Å². The topological polar surface area (TPSA) is 26.3 Å². The Bertz CT molecular complexity index is 550. The molecule has 1 aromatic carbocycles. The number of carbonyl (C=O) groups is 1. The molecule has 0 radical (unpaired) electrons. The fourth-order valence-corrected chi connectivity index (χ4v) is 2.98. The van der Waals surface area contributed by atoms with Gasteiger partial charge in [0, 0.05) is 0 Å². The van der Waals surface area contributed by atoms with Crippen LogP contribution >= 0.6 is 0 Å². The van der Waals surface area contributed by atoms with Crippen LogP contribution in [0.3, 0.4) is 0 Å². The Morgan fingerprint density at radius 2 is 1.95 bits per heavy atom. The molecule has 1 saturated carbocycles. The zero-order chi connectivity index (χ0) is 15.6. The van der Waals surface area contributed by atoms with Crippen molar-refractivity contribution in [3.63, 3.8) is 0 Å². The van der Waals surface area contributed by atoms with E-state index >= 15 is 0 Å². The minimum Gasteiger partial charge on any atom is -0.461 e. The normalized spacial score (nSPS) is 22.5. The van der Waals surface area contributed by atoms with Crippen LogP contribution in [0, 0.1) is 17.3 Å². The van der Waals surface area contributed by atoms with Crippen molar-refractivity contribution < 1.29 is 9.53 Å². The molecule has 2 atom stereocenters. The third-order valence-electron chi connectivity index (χ3n) is 4.46. The van der Waals surface area contributed by atoms with E-state index in [-0.39, 0.29) is 17.3 Å². The maximum absolute atomic E-state index is 12.3. The van der Waals surface area contributed by atoms with E-state index in [1.807, 2.05) is 12.1 Å². The Kier molecular flexibility index (Phi) is 4.55. The highest BCUT2D eigenvalue weighted by molar-refractivity contribution is 5.78. The predicted octanol–water partition coefficient (Wildman–Crippen LogP) is 4.53. The van der Waals surface area contributed by atoms with Crippen LogP contribution in [0.15, 0.2) is 35.9 Å². The molecule has 114 valence electrons. The Morgan fingerprint density at radius 3 is 2.57 bits per heavy atom. The summed E-state index contributed by atoms with van der Waals surface area (Å²) in [5, 5.41) is 0. The standard InChI is InChI=1S/C19H26O2/c1-6-14-8-7-9-15(11-14)12-21-18(20)17-16(10-13(2)3)19(17,4)5/h7-11,16-17H,6,12H2,1-5H3/t16-,17-/m0/s1. The molecular formula is C19H26O2. The number of esters is 1. The Hall–Kier alpha value is -1.57. The van der Waals surface area contributed by atoms with Crippen LogP contribution in [0.5, 0.6) is 0 Å². The van der Waals surface area contributed by atoms with Crippen LogP contribution in [-0.2, 0) is 22.6 Å². The van der Waals surface area contributed by atoms with Gasteiger partial charge >= 0.3 is 5.97 Å². The molecule has 1 fully saturated rings. The number of aryl methyl sites for hydroxylation is 1. The van der Waals surface area contributed by atoms with Crippen molar-refractivity contribution in [1.29, 1.82) is 0 Å². The van der Waals surface area contributed by atoms with Gasteiger partial charge < -0.3 is 4.74 Å². The molecule has 1 aliphatic rings. The van der Waals surface area contributed by atoms with Crippen molar-refractivity contribution >= 4 is 5.97 Å². The predicted molar refractivity (Wildman–Crippen MR) is 85.8 cm³/mol. The van der Waals surface area contributed by atoms with E-state index in [2.05, 4.69) is 52.8 Å². The minimum absolute atomic E-state index is 0.00163. The molecule has 0 N–H and O–H groups in total. The third-order valence-corrected chi connectivity index (χ3v) is 4.46. The fourth-order valence-electron chi connectivity index (χ4n) is 2.98. The van der Waals surface area contributed by atoms with Gasteiger partial charge in [0.05, 0.1) is 5.92 Å². The van der Waals surface area contributed by atoms with Gasteiger partial charge in [0.15, 0.2) is 0 Å². The highest BCUT2D eigenvalue weighted by atomic mass is 16.5. The average molecular weight is 286 g/mol. The second-order valence-corrected chi connectivity index (χ2v) is 6.85. The SMILES string of the molecule is CCc1cccc(COC(=O)[C@@H]2[C@H](C=C(C)C)C2(C)C)c1. The first-order valence-corrected chi connectivity index (χ1v) is 7.75. The number of benzene rings is 1. The van der Waals surface area contributed by atoms with E-state index in [9.17, 15) is 4.79 Å². The minimum atomic E-state index is -0.0654. The number of hydrogen-bond donors (Lipinski definition) is 0. The van der Waals surface area contributed by atoms with E-state index in [1.54, 1.807) is 0 Å². The molecule has 0 aromatic heterocycles. The summed E-state index contributed by atoms with van der Waals surface area (Å²) in [6.45, 7) is 10.9. The highest BCUT2D eigenvalue weighted by Gasteiger charge is 2.61. The summed E-state index contributed by atoms with van der Waals surface area (Å²) in [6.07, 6.45) is 3.20. The van der Waals surface area contributed by atoms with Crippen molar-refractivity contribution in [3.8, 4) is 0 Å². The Balaban J connectivity index is 1.95. The molecule has 0 saturated heterocycles. The van der Waals surface area contributed by atoms with Crippen LogP contribution < -0.4 is 0 Å². The van der Waals surface area contributed by atoms with E-state index in [0.29, 0.717) is 12.5 Å². The third kappa shape index (κ3) is 3.55. The summed E-state index contributed by atoms with van der Waals surface area (Å²) in [5.41, 5.74) is 3.64. The van der Waals surface area contributed by atoms with Gasteiger partial charge in [-0.25, -0.2) is 0 Å². The van der Waals surface area contributed by atoms with Gasteiger partial charge in [-0.1, -0.05) is 56.7 Å². The maximum atomic E-state index is 12.3. The van der Waals surface area contributed by atoms with Gasteiger partial charge in [-0.15, -0.1) is 0 Å². The maximum Gasteiger partial charge on any atom is 0.310 e. The van der Waals surface area contributed by atoms with Gasteiger partial charge in [0.2, 0.25) is 0 Å². The lowest BCUT2D eigenvalue weighted by molar-refractivity contribution is -0.147. The second kappa shape index (κ2) is 6.05. The molecule has 0 unspecified atom stereocenters. The van der Waals surface area contributed by atoms with E-state index < -0.39 is 0 Å². The fraction of sp³-hybridized carbons (Fsp3) is 0.526. The zero-order valence-corrected chi connectivity index (χ0v) is 13.8. The molecule has 0 heterocycles. The van der Waals surface area contributed by atoms with Crippen LogP contribution in [0.25, 0.3) is 0 Å². The second-order valence-electron chi connectivity index (χ2n) is 6.85. The van der Waals surface area contributed by atoms with Crippen LogP contribution in [0.1, 0.15) is 45.7 Å². The quantitative estimate of drug-likeness (QED) is 0.587. The van der Waals surface area contributed by atoms with Gasteiger partial charge in [-0.2, -0.15) is 0 Å². The summed E-state index contributed by atoms with van der Waals surface area (Å²) in [5.74, 6) is 0.253. The highest BCUT2D eigenvalue weighted by Crippen LogP contribution is 2.59. The first kappa shape index (κ1) is 15.8. The van der Waals surface area contributed by atoms with Gasteiger partial charge in [0.1, 0.15) is 6.61 Å². The molecule has 1 aliphatic carbocycles. The summed E-state index contributed by atoms with van der Waals surface area (Å²) in [7, 11) is 0. The number of carbonyl (C=O) groups excluding carboxylic acids is 1. The lowest BCUT2D eigenvalue weighted by Crippen LogP contribution is -2.10. The van der Waals surface area contributed by atoms with Gasteiger partial charge in [0.25, 0.3) is 0 Å². The van der Waals surface area contributed by atoms with Gasteiger partial charge in [-0.3, -0.25) is 4.79 Å². The Morgan fingerprint density at radius 1 is 1.29 bits per heavy atom. The molecule has 21 heavy (non-hydrogen) atoms. The van der Waals surface area contributed by atoms with Crippen molar-refractivity contribution in [2.24, 2.45) is 17.3 Å². The van der Waals surface area contributed by atoms with Crippen molar-refractivity contribution in [2.45, 2.75) is 47.6 Å². The molecule has 0 amide bonds. The summed E-state index contributed by atoms with van der Waals surface area (Å²) in [6, 6.07) is 8.24. The largest absolute Gasteiger partial charge is 0.461 e. The summed E-state index contributed by atoms with van der Waals surface area (Å²) < 4.78 is 5.53. The number of hydrogen-bond acceptors (Lipinski definition) is 2. The summed E-state index contributed by atoms with van der Waals surface area (Å²) >= 11 is 0. The van der Waals surface area contributed by atoms with Crippen molar-refractivity contribution in [2.75, 3.05) is 0 Å². The molecule has 0 aliphatic heterocycles. The van der Waals surface area contributed by atoms with Crippen LogP contribution in [0.4, 0.5) is 0 Å². The van der Waals surface area contributed by atoms with E-state index in [1.165, 1.54) is 11.1 Å². The number of ether oxygens (including phenoxy) is 1. The lowest BCUT2D eigenvalue weighted by Gasteiger charge is -2.07. The first-order valence-electron chi connectivity index (χ1n) is 7.75. The monoisotopic (exact) mass is 286 g/mol. The molecule has 0 bridgehead atoms. The first-order chi connectivity index (χ1) is 9.86.